The summed E-state index contributed by atoms with van der Waals surface area (Å²) in [5, 5.41) is 16.2. The van der Waals surface area contributed by atoms with Crippen LogP contribution in [0, 0.1) is 5.82 Å². The van der Waals surface area contributed by atoms with Crippen LogP contribution < -0.4 is 15.4 Å². The van der Waals surface area contributed by atoms with E-state index in [1.54, 1.807) is 0 Å². The number of carbonyl (C=O) groups excluding carboxylic acids is 2. The summed E-state index contributed by atoms with van der Waals surface area (Å²) in [7, 11) is 0. The number of carbonyl (C=O) groups is 2. The van der Waals surface area contributed by atoms with Crippen LogP contribution in [0.1, 0.15) is 48.2 Å². The van der Waals surface area contributed by atoms with Crippen molar-refractivity contribution < 1.29 is 41.4 Å². The first kappa shape index (κ1) is 24.3. The first-order valence-electron chi connectivity index (χ1n) is 10.5. The van der Waals surface area contributed by atoms with Crippen LogP contribution >= 0.6 is 11.6 Å². The minimum absolute atomic E-state index is 0.0765. The van der Waals surface area contributed by atoms with E-state index in [4.69, 9.17) is 16.3 Å². The fraction of sp³-hybridized carbons (Fsp3) is 0.455. The number of benzene rings is 1. The molecule has 3 aliphatic carbocycles. The van der Waals surface area contributed by atoms with Gasteiger partial charge in [0.1, 0.15) is 17.8 Å². The van der Waals surface area contributed by atoms with Gasteiger partial charge in [0.2, 0.25) is 5.76 Å². The summed E-state index contributed by atoms with van der Waals surface area (Å²) < 4.78 is 61.4. The molecular weight excluding hydrogens is 484 g/mol. The summed E-state index contributed by atoms with van der Waals surface area (Å²) in [4.78, 5) is 25.0. The van der Waals surface area contributed by atoms with Crippen molar-refractivity contribution in [2.75, 3.05) is 6.61 Å². The number of furan rings is 1. The Hall–Kier alpha value is -2.79. The number of halogens is 5. The Bertz CT molecular complexity index is 1100. The largest absolute Gasteiger partial charge is 0.484 e. The summed E-state index contributed by atoms with van der Waals surface area (Å²) in [6, 6.07) is 4.40. The Morgan fingerprint density at radius 2 is 1.88 bits per heavy atom. The normalized spacial score (nSPS) is 26.2. The fourth-order valence-electron chi connectivity index (χ4n) is 4.61. The molecule has 0 unspecified atom stereocenters. The van der Waals surface area contributed by atoms with Gasteiger partial charge in [-0.05, 0) is 44.2 Å². The zero-order chi connectivity index (χ0) is 24.7. The van der Waals surface area contributed by atoms with E-state index in [1.165, 1.54) is 12.1 Å². The van der Waals surface area contributed by atoms with E-state index in [-0.39, 0.29) is 22.8 Å². The lowest BCUT2D eigenvalue weighted by Crippen LogP contribution is -2.70. The number of alkyl halides is 3. The van der Waals surface area contributed by atoms with Gasteiger partial charge < -0.3 is 24.9 Å². The summed E-state index contributed by atoms with van der Waals surface area (Å²) in [5.41, 5.74) is -1.99. The third-order valence-corrected chi connectivity index (χ3v) is 6.80. The Kier molecular flexibility index (Phi) is 6.28. The van der Waals surface area contributed by atoms with Gasteiger partial charge in [-0.25, -0.2) is 4.39 Å². The van der Waals surface area contributed by atoms with E-state index in [9.17, 15) is 32.3 Å². The maximum atomic E-state index is 13.5. The second kappa shape index (κ2) is 8.77. The summed E-state index contributed by atoms with van der Waals surface area (Å²) >= 11 is 5.61. The van der Waals surface area contributed by atoms with Crippen LogP contribution in [0.5, 0.6) is 5.75 Å². The number of rotatable bonds is 6. The number of hydrogen-bond donors (Lipinski definition) is 3. The molecule has 3 fully saturated rings. The third kappa shape index (κ3) is 4.85. The van der Waals surface area contributed by atoms with Crippen molar-refractivity contribution in [3.8, 4) is 5.75 Å². The minimum Gasteiger partial charge on any atom is -0.484 e. The SMILES string of the molecule is O=C(COc1ccc(Cl)c(F)c1)NC12CCC(NC(=O)c3coc(C(F)(F)F)c3)(CC1)C[C@@H]2O. The van der Waals surface area contributed by atoms with E-state index in [2.05, 4.69) is 15.1 Å². The molecule has 1 aromatic carbocycles. The zero-order valence-electron chi connectivity index (χ0n) is 17.7. The second-order valence-corrected chi connectivity index (χ2v) is 9.13. The fourth-order valence-corrected chi connectivity index (χ4v) is 4.73. The molecule has 5 rings (SSSR count). The number of nitrogens with one attached hydrogen (secondary N) is 2. The maximum Gasteiger partial charge on any atom is 0.449 e. The van der Waals surface area contributed by atoms with Crippen LogP contribution in [0.15, 0.2) is 34.9 Å². The summed E-state index contributed by atoms with van der Waals surface area (Å²) in [5.74, 6) is -3.07. The molecule has 0 spiro atoms. The standard InChI is InChI=1S/C22H21ClF4N2O5/c23-14-2-1-13(8-15(14)24)33-11-18(31)28-21-5-3-20(4-6-21,9-16(21)30)29-19(32)12-7-17(34-10-12)22(25,26)27/h1-2,7-8,10,16,30H,3-6,9,11H2,(H,28,31)(H,29,32)/t16-,20?,21?/m0/s1. The van der Waals surface area contributed by atoms with Gasteiger partial charge in [0.25, 0.3) is 11.8 Å². The van der Waals surface area contributed by atoms with Crippen molar-refractivity contribution in [2.45, 2.75) is 55.5 Å². The minimum atomic E-state index is -4.70. The van der Waals surface area contributed by atoms with Crippen LogP contribution in [-0.4, -0.2) is 40.7 Å². The van der Waals surface area contributed by atoms with Crippen molar-refractivity contribution in [1.29, 1.82) is 0 Å². The summed E-state index contributed by atoms with van der Waals surface area (Å²) in [6.07, 6.45) is -3.34. The van der Waals surface area contributed by atoms with Crippen molar-refractivity contribution in [3.05, 3.63) is 52.7 Å². The lowest BCUT2D eigenvalue weighted by molar-refractivity contribution is -0.153. The second-order valence-electron chi connectivity index (χ2n) is 8.72. The number of aliphatic hydroxyl groups excluding tert-OH is 1. The molecule has 2 aromatic rings. The maximum absolute atomic E-state index is 13.5. The molecule has 2 amide bonds. The molecule has 7 nitrogen and oxygen atoms in total. The smallest absolute Gasteiger partial charge is 0.449 e. The Morgan fingerprint density at radius 3 is 2.47 bits per heavy atom. The van der Waals surface area contributed by atoms with Crippen molar-refractivity contribution in [3.63, 3.8) is 0 Å². The highest BCUT2D eigenvalue weighted by molar-refractivity contribution is 6.30. The molecule has 34 heavy (non-hydrogen) atoms. The highest BCUT2D eigenvalue weighted by atomic mass is 35.5. The Labute approximate surface area is 196 Å². The lowest BCUT2D eigenvalue weighted by atomic mass is 9.60. The first-order valence-corrected chi connectivity index (χ1v) is 10.8. The Balaban J connectivity index is 1.34. The van der Waals surface area contributed by atoms with E-state index in [0.717, 1.165) is 12.3 Å². The molecule has 3 saturated carbocycles. The molecule has 2 bridgehead atoms. The quantitative estimate of drug-likeness (QED) is 0.519. The molecule has 0 radical (unpaired) electrons. The highest BCUT2D eigenvalue weighted by Gasteiger charge is 2.55. The topological polar surface area (TPSA) is 101 Å². The molecule has 3 aliphatic rings. The van der Waals surface area contributed by atoms with Crippen molar-refractivity contribution in [2.24, 2.45) is 0 Å². The van der Waals surface area contributed by atoms with Crippen LogP contribution in [-0.2, 0) is 11.0 Å². The lowest BCUT2D eigenvalue weighted by Gasteiger charge is -2.56. The van der Waals surface area contributed by atoms with Crippen LogP contribution in [0.2, 0.25) is 5.02 Å². The molecule has 184 valence electrons. The molecule has 12 heteroatoms. The van der Waals surface area contributed by atoms with Crippen molar-refractivity contribution in [1.82, 2.24) is 10.6 Å². The molecule has 1 aromatic heterocycles. The van der Waals surface area contributed by atoms with Gasteiger partial charge in [-0.3, -0.25) is 9.59 Å². The van der Waals surface area contributed by atoms with E-state index in [0.29, 0.717) is 31.7 Å². The van der Waals surface area contributed by atoms with Gasteiger partial charge in [0.15, 0.2) is 6.61 Å². The van der Waals surface area contributed by atoms with E-state index >= 15 is 0 Å². The van der Waals surface area contributed by atoms with Crippen molar-refractivity contribution >= 4 is 23.4 Å². The predicted molar refractivity (Wildman–Crippen MR) is 111 cm³/mol. The van der Waals surface area contributed by atoms with Gasteiger partial charge in [-0.15, -0.1) is 0 Å². The number of aliphatic hydroxyl groups is 1. The zero-order valence-corrected chi connectivity index (χ0v) is 18.4. The molecule has 3 N–H and O–H groups in total. The molecule has 1 heterocycles. The van der Waals surface area contributed by atoms with Gasteiger partial charge in [0, 0.05) is 17.7 Å². The predicted octanol–water partition coefficient (Wildman–Crippen LogP) is 3.83. The summed E-state index contributed by atoms with van der Waals surface area (Å²) in [6.45, 7) is -0.403. The number of ether oxygens (including phenoxy) is 1. The highest BCUT2D eigenvalue weighted by Crippen LogP contribution is 2.47. The monoisotopic (exact) mass is 504 g/mol. The van der Waals surface area contributed by atoms with Gasteiger partial charge >= 0.3 is 6.18 Å². The average Bonchev–Trinajstić information content (AvgIpc) is 3.27. The van der Waals surface area contributed by atoms with Gasteiger partial charge in [-0.1, -0.05) is 11.6 Å². The average molecular weight is 505 g/mol. The first-order chi connectivity index (χ1) is 15.9. The van der Waals surface area contributed by atoms with E-state index < -0.39 is 53.4 Å². The van der Waals surface area contributed by atoms with E-state index in [1.807, 2.05) is 0 Å². The number of fused-ring (bicyclic) bond motifs is 3. The van der Waals surface area contributed by atoms with Crippen LogP contribution in [0.25, 0.3) is 0 Å². The number of amides is 2. The van der Waals surface area contributed by atoms with Crippen LogP contribution in [0.3, 0.4) is 0 Å². The van der Waals surface area contributed by atoms with Crippen LogP contribution in [0.4, 0.5) is 17.6 Å². The number of hydrogen-bond acceptors (Lipinski definition) is 5. The van der Waals surface area contributed by atoms with Gasteiger partial charge in [-0.2, -0.15) is 13.2 Å². The third-order valence-electron chi connectivity index (χ3n) is 6.49. The Morgan fingerprint density at radius 1 is 1.18 bits per heavy atom. The molecule has 0 aliphatic heterocycles. The molecule has 1 atom stereocenters. The molecule has 0 saturated heterocycles. The molecular formula is C22H21ClF4N2O5. The van der Waals surface area contributed by atoms with Gasteiger partial charge in [0.05, 0.1) is 22.2 Å².